The molecule has 1 aromatic rings. The number of nitrogens with zero attached hydrogens (tertiary/aromatic N) is 1. The van der Waals surface area contributed by atoms with E-state index in [1.165, 1.54) is 12.8 Å². The summed E-state index contributed by atoms with van der Waals surface area (Å²) in [4.78, 5) is 16.3. The van der Waals surface area contributed by atoms with E-state index in [0.29, 0.717) is 5.56 Å². The van der Waals surface area contributed by atoms with Crippen molar-refractivity contribution in [3.63, 3.8) is 0 Å². The minimum Gasteiger partial charge on any atom is -0.354 e. The number of rotatable bonds is 4. The highest BCUT2D eigenvalue weighted by molar-refractivity contribution is 5.98. The van der Waals surface area contributed by atoms with Gasteiger partial charge in [-0.15, -0.1) is 0 Å². The minimum atomic E-state index is 0.0539. The van der Waals surface area contributed by atoms with Crippen LogP contribution in [0.4, 0.5) is 5.69 Å². The van der Waals surface area contributed by atoms with Gasteiger partial charge >= 0.3 is 0 Å². The van der Waals surface area contributed by atoms with Crippen LogP contribution in [0.2, 0.25) is 0 Å². The van der Waals surface area contributed by atoms with Gasteiger partial charge in [0.25, 0.3) is 0 Å². The number of carbonyl (C=O) groups excluding carboxylic acids is 1. The Morgan fingerprint density at radius 2 is 2.04 bits per heavy atom. The van der Waals surface area contributed by atoms with E-state index in [4.69, 9.17) is 10.7 Å². The Balaban J connectivity index is 2.18. The highest BCUT2D eigenvalue weighted by Gasteiger charge is 2.22. The maximum Gasteiger partial charge on any atom is 0.196 e. The van der Waals surface area contributed by atoms with Crippen molar-refractivity contribution in [1.82, 2.24) is 5.32 Å². The van der Waals surface area contributed by atoms with E-state index in [9.17, 15) is 4.79 Å². The van der Waals surface area contributed by atoms with Crippen LogP contribution in [0.5, 0.6) is 0 Å². The molecule has 1 aliphatic carbocycles. The first-order chi connectivity index (χ1) is 11.0. The lowest BCUT2D eigenvalue weighted by Crippen LogP contribution is -2.41. The quantitative estimate of drug-likeness (QED) is 0.453. The standard InChI is InChI=1S/C18H28N4O/c1-12(2)20-18(22-17-10-5-4-9-16(17)19)21-15-8-6-7-14(11-15)13(3)23/h6-8,11-12,16-17H,4-5,9-10,19H2,1-3H3,(H2,20,21,22)/t16-,17-/m0/s1. The Kier molecular flexibility index (Phi) is 6.16. The second kappa shape index (κ2) is 8.11. The van der Waals surface area contributed by atoms with Crippen LogP contribution in [-0.2, 0) is 0 Å². The minimum absolute atomic E-state index is 0.0539. The van der Waals surface area contributed by atoms with E-state index in [2.05, 4.69) is 24.5 Å². The van der Waals surface area contributed by atoms with Crippen LogP contribution in [0, 0.1) is 0 Å². The first-order valence-electron chi connectivity index (χ1n) is 8.43. The normalized spacial score (nSPS) is 22.0. The zero-order valence-electron chi connectivity index (χ0n) is 14.3. The van der Waals surface area contributed by atoms with E-state index in [-0.39, 0.29) is 23.9 Å². The Bertz CT molecular complexity index is 568. The van der Waals surface area contributed by atoms with E-state index in [1.54, 1.807) is 6.92 Å². The van der Waals surface area contributed by atoms with Gasteiger partial charge in [0, 0.05) is 23.3 Å². The molecule has 0 aliphatic heterocycles. The van der Waals surface area contributed by atoms with Gasteiger partial charge in [-0.1, -0.05) is 25.0 Å². The fourth-order valence-electron chi connectivity index (χ4n) is 2.80. The molecule has 2 atom stereocenters. The fourth-order valence-corrected chi connectivity index (χ4v) is 2.80. The summed E-state index contributed by atoms with van der Waals surface area (Å²) in [7, 11) is 0. The topological polar surface area (TPSA) is 79.5 Å². The molecule has 2 rings (SSSR count). The van der Waals surface area contributed by atoms with Gasteiger partial charge in [0.15, 0.2) is 11.7 Å². The fraction of sp³-hybridized carbons (Fsp3) is 0.556. The third-order valence-electron chi connectivity index (χ3n) is 4.03. The average Bonchev–Trinajstić information content (AvgIpc) is 2.49. The number of aliphatic imine (C=N–C) groups is 1. The number of nitrogens with one attached hydrogen (secondary N) is 2. The Labute approximate surface area is 138 Å². The van der Waals surface area contributed by atoms with Crippen LogP contribution in [0.1, 0.15) is 56.8 Å². The molecule has 0 saturated heterocycles. The van der Waals surface area contributed by atoms with Crippen LogP contribution >= 0.6 is 0 Å². The van der Waals surface area contributed by atoms with Gasteiger partial charge in [0.05, 0.1) is 6.04 Å². The van der Waals surface area contributed by atoms with Gasteiger partial charge in [0.1, 0.15) is 0 Å². The summed E-state index contributed by atoms with van der Waals surface area (Å²) in [5.41, 5.74) is 7.75. The average molecular weight is 316 g/mol. The number of benzene rings is 1. The van der Waals surface area contributed by atoms with Crippen molar-refractivity contribution < 1.29 is 4.79 Å². The number of ketones is 1. The number of nitrogens with two attached hydrogens (primary N) is 1. The maximum atomic E-state index is 11.5. The molecule has 1 aliphatic rings. The zero-order valence-corrected chi connectivity index (χ0v) is 14.3. The molecule has 0 bridgehead atoms. The Morgan fingerprint density at radius 1 is 1.30 bits per heavy atom. The largest absolute Gasteiger partial charge is 0.354 e. The molecule has 23 heavy (non-hydrogen) atoms. The zero-order chi connectivity index (χ0) is 16.8. The van der Waals surface area contributed by atoms with Crippen molar-refractivity contribution in [2.75, 3.05) is 5.32 Å². The van der Waals surface area contributed by atoms with E-state index >= 15 is 0 Å². The predicted molar refractivity (Wildman–Crippen MR) is 96.0 cm³/mol. The third-order valence-corrected chi connectivity index (χ3v) is 4.03. The summed E-state index contributed by atoms with van der Waals surface area (Å²) >= 11 is 0. The number of anilines is 1. The van der Waals surface area contributed by atoms with Crippen LogP contribution < -0.4 is 16.4 Å². The molecule has 1 saturated carbocycles. The Hall–Kier alpha value is -1.88. The van der Waals surface area contributed by atoms with Crippen molar-refractivity contribution in [3.05, 3.63) is 29.8 Å². The summed E-state index contributed by atoms with van der Waals surface area (Å²) in [6.45, 7) is 5.72. The molecule has 0 radical (unpaired) electrons. The molecular formula is C18H28N4O. The van der Waals surface area contributed by atoms with Crippen LogP contribution in [0.25, 0.3) is 0 Å². The summed E-state index contributed by atoms with van der Waals surface area (Å²) in [6, 6.07) is 8.00. The highest BCUT2D eigenvalue weighted by atomic mass is 16.1. The summed E-state index contributed by atoms with van der Waals surface area (Å²) in [6.07, 6.45) is 4.42. The van der Waals surface area contributed by atoms with Crippen molar-refractivity contribution in [2.24, 2.45) is 10.7 Å². The molecule has 5 heteroatoms. The van der Waals surface area contributed by atoms with Crippen molar-refractivity contribution in [2.45, 2.75) is 64.6 Å². The molecule has 0 unspecified atom stereocenters. The van der Waals surface area contributed by atoms with E-state index in [1.807, 2.05) is 24.3 Å². The number of hydrogen-bond acceptors (Lipinski definition) is 3. The summed E-state index contributed by atoms with van der Waals surface area (Å²) in [5, 5.41) is 6.65. The third kappa shape index (κ3) is 5.36. The molecule has 1 aromatic carbocycles. The lowest BCUT2D eigenvalue weighted by Gasteiger charge is -2.27. The maximum absolute atomic E-state index is 11.5. The van der Waals surface area contributed by atoms with Gasteiger partial charge < -0.3 is 16.4 Å². The molecule has 1 fully saturated rings. The molecular weight excluding hydrogens is 288 g/mol. The number of carbonyl (C=O) groups is 1. The lowest BCUT2D eigenvalue weighted by atomic mass is 9.91. The van der Waals surface area contributed by atoms with Crippen LogP contribution in [-0.4, -0.2) is 29.9 Å². The molecule has 0 heterocycles. The molecule has 126 valence electrons. The molecule has 0 amide bonds. The van der Waals surface area contributed by atoms with E-state index in [0.717, 1.165) is 24.5 Å². The number of hydrogen-bond donors (Lipinski definition) is 3. The number of guanidine groups is 1. The highest BCUT2D eigenvalue weighted by Crippen LogP contribution is 2.20. The predicted octanol–water partition coefficient (Wildman–Crippen LogP) is 2.93. The van der Waals surface area contributed by atoms with Crippen molar-refractivity contribution in [1.29, 1.82) is 0 Å². The van der Waals surface area contributed by atoms with E-state index < -0.39 is 0 Å². The summed E-state index contributed by atoms with van der Waals surface area (Å²) < 4.78 is 0. The monoisotopic (exact) mass is 316 g/mol. The van der Waals surface area contributed by atoms with Gasteiger partial charge in [-0.05, 0) is 45.7 Å². The van der Waals surface area contributed by atoms with Gasteiger partial charge in [-0.2, -0.15) is 0 Å². The van der Waals surface area contributed by atoms with Gasteiger partial charge in [-0.25, -0.2) is 4.99 Å². The van der Waals surface area contributed by atoms with Gasteiger partial charge in [-0.3, -0.25) is 4.79 Å². The SMILES string of the molecule is CC(=O)c1cccc(NC(=N[C@H]2CCCC[C@@H]2N)NC(C)C)c1. The molecule has 0 spiro atoms. The Morgan fingerprint density at radius 3 is 2.70 bits per heavy atom. The van der Waals surface area contributed by atoms with Crippen LogP contribution in [0.3, 0.4) is 0 Å². The first-order valence-corrected chi connectivity index (χ1v) is 8.43. The second-order valence-electron chi connectivity index (χ2n) is 6.55. The van der Waals surface area contributed by atoms with Crippen molar-refractivity contribution >= 4 is 17.4 Å². The number of Topliss-reactive ketones (excluding diaryl/α,β-unsaturated/α-hetero) is 1. The first kappa shape index (κ1) is 17.5. The molecule has 0 aromatic heterocycles. The van der Waals surface area contributed by atoms with Crippen LogP contribution in [0.15, 0.2) is 29.3 Å². The molecule has 4 N–H and O–H groups in total. The molecule has 5 nitrogen and oxygen atoms in total. The van der Waals surface area contributed by atoms with Gasteiger partial charge in [0.2, 0.25) is 0 Å². The summed E-state index contributed by atoms with van der Waals surface area (Å²) in [5.74, 6) is 0.779. The lowest BCUT2D eigenvalue weighted by molar-refractivity contribution is 0.101. The smallest absolute Gasteiger partial charge is 0.196 e. The second-order valence-corrected chi connectivity index (χ2v) is 6.55. The van der Waals surface area contributed by atoms with Crippen molar-refractivity contribution in [3.8, 4) is 0 Å².